The molecule has 9 heteroatoms. The number of aromatic hydroxyl groups is 1. The quantitative estimate of drug-likeness (QED) is 0.551. The van der Waals surface area contributed by atoms with E-state index < -0.39 is 6.04 Å². The Bertz CT molecular complexity index is 1190. The normalized spacial score (nSPS) is 20.3. The number of Topliss-reactive ketones (excluding diaryl/α,β-unsaturated/α-hetero) is 1. The van der Waals surface area contributed by atoms with Gasteiger partial charge in [0.15, 0.2) is 17.3 Å². The van der Waals surface area contributed by atoms with Gasteiger partial charge in [0.05, 0.1) is 13.2 Å². The number of hydrogen-bond donors (Lipinski definition) is 3. The van der Waals surface area contributed by atoms with E-state index in [0.29, 0.717) is 40.8 Å². The Morgan fingerprint density at radius 2 is 1.84 bits per heavy atom. The third-order valence-electron chi connectivity index (χ3n) is 5.71. The lowest BCUT2D eigenvalue weighted by Crippen LogP contribution is -2.27. The number of phenols is 1. The van der Waals surface area contributed by atoms with E-state index >= 15 is 0 Å². The Kier molecular flexibility index (Phi) is 4.78. The van der Waals surface area contributed by atoms with Crippen molar-refractivity contribution in [2.75, 3.05) is 17.7 Å². The maximum Gasteiger partial charge on any atom is 0.219 e. The lowest BCUT2D eigenvalue weighted by atomic mass is 9.78. The number of halogens is 1. The van der Waals surface area contributed by atoms with Crippen LogP contribution >= 0.6 is 11.6 Å². The minimum Gasteiger partial charge on any atom is -0.504 e. The van der Waals surface area contributed by atoms with E-state index in [2.05, 4.69) is 20.9 Å². The fourth-order valence-corrected chi connectivity index (χ4v) is 4.32. The van der Waals surface area contributed by atoms with Crippen LogP contribution in [0.3, 0.4) is 0 Å². The second kappa shape index (κ2) is 7.63. The number of carbonyl (C=O) groups is 1. The number of ketones is 1. The van der Waals surface area contributed by atoms with Crippen LogP contribution in [0.2, 0.25) is 5.02 Å². The van der Waals surface area contributed by atoms with Gasteiger partial charge in [-0.15, -0.1) is 0 Å². The van der Waals surface area contributed by atoms with E-state index in [9.17, 15) is 9.90 Å². The first kappa shape index (κ1) is 19.4. The molecule has 0 amide bonds. The molecule has 2 aliphatic rings. The number of ether oxygens (including phenoxy) is 1. The monoisotopic (exact) mass is 438 g/mol. The number of rotatable bonds is 3. The van der Waals surface area contributed by atoms with Crippen LogP contribution in [0.5, 0.6) is 11.5 Å². The first-order valence-corrected chi connectivity index (χ1v) is 10.2. The highest BCUT2D eigenvalue weighted by Crippen LogP contribution is 2.44. The summed E-state index contributed by atoms with van der Waals surface area (Å²) in [5.74, 6) is 1.19. The number of benzene rings is 2. The topological polar surface area (TPSA) is 110 Å². The minimum atomic E-state index is -0.510. The molecule has 3 aromatic rings. The third kappa shape index (κ3) is 3.48. The molecule has 2 heterocycles. The second-order valence-electron chi connectivity index (χ2n) is 7.57. The molecule has 158 valence electrons. The van der Waals surface area contributed by atoms with E-state index in [1.54, 1.807) is 18.2 Å². The molecule has 0 radical (unpaired) electrons. The summed E-state index contributed by atoms with van der Waals surface area (Å²) in [6, 6.07) is 12.0. The number of allylic oxidation sites excluding steroid dienone is 1. The van der Waals surface area contributed by atoms with Gasteiger partial charge in [-0.25, -0.2) is 4.63 Å². The van der Waals surface area contributed by atoms with Gasteiger partial charge < -0.3 is 20.5 Å². The van der Waals surface area contributed by atoms with Gasteiger partial charge in [-0.05, 0) is 58.0 Å². The highest BCUT2D eigenvalue weighted by Gasteiger charge is 2.37. The molecule has 0 fully saturated rings. The summed E-state index contributed by atoms with van der Waals surface area (Å²) in [6.07, 6.45) is 0.980. The molecule has 2 atom stereocenters. The smallest absolute Gasteiger partial charge is 0.219 e. The van der Waals surface area contributed by atoms with E-state index in [0.717, 1.165) is 16.8 Å². The van der Waals surface area contributed by atoms with Gasteiger partial charge in [0.25, 0.3) is 0 Å². The van der Waals surface area contributed by atoms with Crippen molar-refractivity contribution in [3.05, 3.63) is 69.9 Å². The predicted molar refractivity (Wildman–Crippen MR) is 114 cm³/mol. The molecule has 0 saturated heterocycles. The fourth-order valence-electron chi connectivity index (χ4n) is 4.20. The Morgan fingerprint density at radius 3 is 2.61 bits per heavy atom. The minimum absolute atomic E-state index is 0.00688. The van der Waals surface area contributed by atoms with Gasteiger partial charge in [-0.2, -0.15) is 0 Å². The summed E-state index contributed by atoms with van der Waals surface area (Å²) in [5, 5.41) is 25.0. The van der Waals surface area contributed by atoms with Crippen molar-refractivity contribution in [3.8, 4) is 11.5 Å². The first-order valence-electron chi connectivity index (χ1n) is 9.78. The molecule has 1 aliphatic heterocycles. The van der Waals surface area contributed by atoms with Crippen molar-refractivity contribution in [2.24, 2.45) is 0 Å². The molecule has 0 bridgehead atoms. The van der Waals surface area contributed by atoms with Crippen molar-refractivity contribution >= 4 is 29.0 Å². The van der Waals surface area contributed by atoms with Gasteiger partial charge >= 0.3 is 0 Å². The summed E-state index contributed by atoms with van der Waals surface area (Å²) in [7, 11) is 1.48. The maximum absolute atomic E-state index is 13.4. The second-order valence-corrected chi connectivity index (χ2v) is 8.00. The first-order chi connectivity index (χ1) is 15.0. The molecule has 1 aromatic heterocycles. The Hall–Kier alpha value is -3.52. The molecular formula is C22H19ClN4O4. The van der Waals surface area contributed by atoms with E-state index in [1.807, 2.05) is 24.3 Å². The SMILES string of the molecule is COc1cc(C2Nc3nonc3NC3=C2C(=O)CC(c2ccc(Cl)cc2)C3)ccc1O. The summed E-state index contributed by atoms with van der Waals surface area (Å²) in [4.78, 5) is 13.4. The zero-order valence-corrected chi connectivity index (χ0v) is 17.3. The molecule has 31 heavy (non-hydrogen) atoms. The van der Waals surface area contributed by atoms with Crippen LogP contribution in [-0.4, -0.2) is 28.3 Å². The van der Waals surface area contributed by atoms with Crippen LogP contribution in [0.25, 0.3) is 0 Å². The number of carbonyl (C=O) groups excluding carboxylic acids is 1. The number of methoxy groups -OCH3 is 1. The number of hydrogen-bond acceptors (Lipinski definition) is 8. The number of aromatic nitrogens is 2. The Labute approximate surface area is 182 Å². The van der Waals surface area contributed by atoms with Gasteiger partial charge in [0, 0.05) is 22.7 Å². The van der Waals surface area contributed by atoms with Gasteiger partial charge in [-0.1, -0.05) is 29.8 Å². The lowest BCUT2D eigenvalue weighted by molar-refractivity contribution is -0.116. The number of nitrogens with zero attached hydrogens (tertiary/aromatic N) is 2. The summed E-state index contributed by atoms with van der Waals surface area (Å²) in [5.41, 5.74) is 3.16. The Balaban J connectivity index is 1.59. The molecule has 0 spiro atoms. The zero-order valence-electron chi connectivity index (χ0n) is 16.6. The van der Waals surface area contributed by atoms with Crippen LogP contribution in [0.4, 0.5) is 11.6 Å². The highest BCUT2D eigenvalue weighted by atomic mass is 35.5. The lowest BCUT2D eigenvalue weighted by Gasteiger charge is -2.29. The summed E-state index contributed by atoms with van der Waals surface area (Å²) in [6.45, 7) is 0. The zero-order chi connectivity index (χ0) is 21.5. The molecule has 0 saturated carbocycles. The Morgan fingerprint density at radius 1 is 1.10 bits per heavy atom. The molecular weight excluding hydrogens is 420 g/mol. The van der Waals surface area contributed by atoms with Crippen molar-refractivity contribution < 1.29 is 19.3 Å². The van der Waals surface area contributed by atoms with Crippen LogP contribution in [0, 0.1) is 0 Å². The molecule has 2 unspecified atom stereocenters. The van der Waals surface area contributed by atoms with Crippen LogP contribution < -0.4 is 15.4 Å². The van der Waals surface area contributed by atoms with Crippen LogP contribution in [0.15, 0.2) is 58.4 Å². The fraction of sp³-hybridized carbons (Fsp3) is 0.227. The predicted octanol–water partition coefficient (Wildman–Crippen LogP) is 4.42. The van der Waals surface area contributed by atoms with Crippen LogP contribution in [0.1, 0.15) is 35.9 Å². The average Bonchev–Trinajstić information content (AvgIpc) is 3.13. The van der Waals surface area contributed by atoms with Gasteiger partial charge in [-0.3, -0.25) is 4.79 Å². The van der Waals surface area contributed by atoms with Crippen molar-refractivity contribution in [3.63, 3.8) is 0 Å². The molecule has 3 N–H and O–H groups in total. The van der Waals surface area contributed by atoms with Gasteiger partial charge in [0.2, 0.25) is 11.6 Å². The molecule has 2 aromatic carbocycles. The van der Waals surface area contributed by atoms with E-state index in [4.69, 9.17) is 21.0 Å². The number of nitrogens with one attached hydrogen (secondary N) is 2. The third-order valence-corrected chi connectivity index (χ3v) is 5.97. The van der Waals surface area contributed by atoms with E-state index in [1.165, 1.54) is 7.11 Å². The molecule has 5 rings (SSSR count). The summed E-state index contributed by atoms with van der Waals surface area (Å²) >= 11 is 6.03. The maximum atomic E-state index is 13.4. The number of phenolic OH excluding ortho intramolecular Hbond substituents is 1. The van der Waals surface area contributed by atoms with Crippen molar-refractivity contribution in [1.29, 1.82) is 0 Å². The van der Waals surface area contributed by atoms with Gasteiger partial charge in [0.1, 0.15) is 0 Å². The summed E-state index contributed by atoms with van der Waals surface area (Å²) < 4.78 is 10.1. The molecule has 1 aliphatic carbocycles. The largest absolute Gasteiger partial charge is 0.504 e. The van der Waals surface area contributed by atoms with Crippen molar-refractivity contribution in [1.82, 2.24) is 10.3 Å². The van der Waals surface area contributed by atoms with Crippen LogP contribution in [-0.2, 0) is 4.79 Å². The number of fused-ring (bicyclic) bond motifs is 1. The molecule has 8 nitrogen and oxygen atoms in total. The van der Waals surface area contributed by atoms with E-state index in [-0.39, 0.29) is 17.5 Å². The average molecular weight is 439 g/mol. The van der Waals surface area contributed by atoms with Crippen molar-refractivity contribution in [2.45, 2.75) is 24.8 Å². The number of anilines is 2. The standard InChI is InChI=1S/C22H19ClN4O4/c1-30-18-10-12(4-7-16(18)28)20-19-15(24-21-22(25-20)27-31-26-21)8-13(9-17(19)29)11-2-5-14(23)6-3-11/h2-7,10,13,20,28H,8-9H2,1H3,(H,24,26)(H,25,27). The highest BCUT2D eigenvalue weighted by molar-refractivity contribution is 6.30.